The van der Waals surface area contributed by atoms with Crippen molar-refractivity contribution in [3.05, 3.63) is 0 Å². The number of hydrogen-bond acceptors (Lipinski definition) is 0. The second-order valence-corrected chi connectivity index (χ2v) is 8.93. The van der Waals surface area contributed by atoms with Gasteiger partial charge in [-0.15, -0.1) is 0 Å². The third-order valence-corrected chi connectivity index (χ3v) is 7.51. The molecule has 0 aromatic heterocycles. The molecule has 4 aliphatic rings. The van der Waals surface area contributed by atoms with E-state index in [9.17, 15) is 0 Å². The lowest BCUT2D eigenvalue weighted by Gasteiger charge is -2.60. The minimum absolute atomic E-state index is 0.809. The van der Waals surface area contributed by atoms with Crippen molar-refractivity contribution in [2.75, 3.05) is 0 Å². The van der Waals surface area contributed by atoms with Crippen molar-refractivity contribution in [2.45, 2.75) is 85.5 Å². The van der Waals surface area contributed by atoms with Crippen LogP contribution < -0.4 is 0 Å². The molecule has 5 atom stereocenters. The Labute approximate surface area is 127 Å². The van der Waals surface area contributed by atoms with Crippen LogP contribution in [0.2, 0.25) is 0 Å². The quantitative estimate of drug-likeness (QED) is 0.512. The van der Waals surface area contributed by atoms with Gasteiger partial charge in [0.1, 0.15) is 0 Å². The first-order valence-corrected chi connectivity index (χ1v) is 9.58. The average Bonchev–Trinajstić information content (AvgIpc) is 3.09. The van der Waals surface area contributed by atoms with Crippen LogP contribution in [-0.4, -0.2) is 0 Å². The van der Waals surface area contributed by atoms with Crippen molar-refractivity contribution in [3.8, 4) is 0 Å². The van der Waals surface area contributed by atoms with E-state index in [-0.39, 0.29) is 0 Å². The molecule has 0 aromatic carbocycles. The fourth-order valence-electron chi connectivity index (χ4n) is 5.76. The molecule has 0 radical (unpaired) electrons. The standard InChI is InChI=1S/C20H36/c1-5-7-16-9-15(4)20(12-19(16)13-20)11-18-10-17(18)8-14(3)6-2/h14-19H,5-13H2,1-4H3. The maximum Gasteiger partial charge on any atom is -0.0263 e. The summed E-state index contributed by atoms with van der Waals surface area (Å²) in [6.07, 6.45) is 13.7. The molecule has 4 fully saturated rings. The van der Waals surface area contributed by atoms with Gasteiger partial charge in [-0.1, -0.05) is 47.0 Å². The molecule has 0 saturated heterocycles. The molecule has 0 N–H and O–H groups in total. The first kappa shape index (κ1) is 14.9. The second-order valence-electron chi connectivity index (χ2n) is 8.93. The van der Waals surface area contributed by atoms with Crippen LogP contribution in [0.1, 0.15) is 85.5 Å². The smallest absolute Gasteiger partial charge is 0.0263 e. The molecule has 0 amide bonds. The minimum Gasteiger partial charge on any atom is -0.0654 e. The average molecular weight is 277 g/mol. The molecule has 116 valence electrons. The van der Waals surface area contributed by atoms with Crippen molar-refractivity contribution in [1.82, 2.24) is 0 Å². The van der Waals surface area contributed by atoms with Crippen LogP contribution in [0, 0.1) is 40.9 Å². The fraction of sp³-hybridized carbons (Fsp3) is 1.00. The fourth-order valence-corrected chi connectivity index (χ4v) is 5.76. The van der Waals surface area contributed by atoms with Crippen LogP contribution in [0.5, 0.6) is 0 Å². The van der Waals surface area contributed by atoms with E-state index >= 15 is 0 Å². The third kappa shape index (κ3) is 2.69. The maximum atomic E-state index is 2.59. The predicted octanol–water partition coefficient (Wildman–Crippen LogP) is 6.30. The van der Waals surface area contributed by atoms with Gasteiger partial charge in [-0.2, -0.15) is 0 Å². The zero-order valence-electron chi connectivity index (χ0n) is 14.3. The van der Waals surface area contributed by atoms with E-state index in [1.54, 1.807) is 32.1 Å². The van der Waals surface area contributed by atoms with E-state index in [0.29, 0.717) is 0 Å². The van der Waals surface area contributed by atoms with Crippen molar-refractivity contribution < 1.29 is 0 Å². The van der Waals surface area contributed by atoms with E-state index in [4.69, 9.17) is 0 Å². The number of rotatable bonds is 7. The predicted molar refractivity (Wildman–Crippen MR) is 87.6 cm³/mol. The number of fused-ring (bicyclic) bond motifs is 2. The zero-order chi connectivity index (χ0) is 14.3. The summed E-state index contributed by atoms with van der Waals surface area (Å²) in [6.45, 7) is 9.76. The monoisotopic (exact) mass is 276 g/mol. The Kier molecular flexibility index (Phi) is 4.22. The van der Waals surface area contributed by atoms with Gasteiger partial charge in [-0.25, -0.2) is 0 Å². The van der Waals surface area contributed by atoms with Crippen LogP contribution in [0.3, 0.4) is 0 Å². The van der Waals surface area contributed by atoms with E-state index in [1.807, 2.05) is 0 Å². The molecule has 4 aliphatic carbocycles. The van der Waals surface area contributed by atoms with Crippen LogP contribution in [0.15, 0.2) is 0 Å². The lowest BCUT2D eigenvalue weighted by atomic mass is 9.45. The first-order chi connectivity index (χ1) is 9.58. The zero-order valence-corrected chi connectivity index (χ0v) is 14.3. The molecule has 0 heteroatoms. The van der Waals surface area contributed by atoms with E-state index in [1.165, 1.54) is 25.7 Å². The summed E-state index contributed by atoms with van der Waals surface area (Å²) in [5.41, 5.74) is 0.809. The largest absolute Gasteiger partial charge is 0.0654 e. The van der Waals surface area contributed by atoms with Crippen LogP contribution in [-0.2, 0) is 0 Å². The molecule has 20 heavy (non-hydrogen) atoms. The first-order valence-electron chi connectivity index (χ1n) is 9.58. The maximum absolute atomic E-state index is 2.59. The Bertz CT molecular complexity index is 325. The Morgan fingerprint density at radius 2 is 1.80 bits per heavy atom. The molecule has 2 bridgehead atoms. The second kappa shape index (κ2) is 5.65. The SMILES string of the molecule is CCCC1CC(C)C2(CC3CC3CC(C)CC)CC1C2. The van der Waals surface area contributed by atoms with Crippen molar-refractivity contribution in [1.29, 1.82) is 0 Å². The van der Waals surface area contributed by atoms with Crippen LogP contribution >= 0.6 is 0 Å². The van der Waals surface area contributed by atoms with Crippen molar-refractivity contribution >= 4 is 0 Å². The van der Waals surface area contributed by atoms with Crippen molar-refractivity contribution in [2.24, 2.45) is 40.9 Å². The molecule has 0 aromatic rings. The summed E-state index contributed by atoms with van der Waals surface area (Å²) in [5.74, 6) is 6.43. The molecular weight excluding hydrogens is 240 g/mol. The van der Waals surface area contributed by atoms with E-state index < -0.39 is 0 Å². The molecule has 0 heterocycles. The lowest BCUT2D eigenvalue weighted by Crippen LogP contribution is -2.51. The normalized spacial score (nSPS) is 47.7. The van der Waals surface area contributed by atoms with Gasteiger partial charge in [-0.05, 0) is 79.4 Å². The molecular formula is C20H36. The summed E-state index contributed by atoms with van der Waals surface area (Å²) < 4.78 is 0. The van der Waals surface area contributed by atoms with Gasteiger partial charge in [0, 0.05) is 0 Å². The summed E-state index contributed by atoms with van der Waals surface area (Å²) in [5, 5.41) is 0. The summed E-state index contributed by atoms with van der Waals surface area (Å²) in [6, 6.07) is 0. The lowest BCUT2D eigenvalue weighted by molar-refractivity contribution is -0.105. The molecule has 5 unspecified atom stereocenters. The van der Waals surface area contributed by atoms with E-state index in [2.05, 4.69) is 27.7 Å². The summed E-state index contributed by atoms with van der Waals surface area (Å²) in [4.78, 5) is 0. The Morgan fingerprint density at radius 1 is 1.05 bits per heavy atom. The minimum atomic E-state index is 0.809. The van der Waals surface area contributed by atoms with Gasteiger partial charge < -0.3 is 0 Å². The Balaban J connectivity index is 1.48. The molecule has 0 spiro atoms. The van der Waals surface area contributed by atoms with E-state index in [0.717, 1.165) is 40.9 Å². The highest BCUT2D eigenvalue weighted by molar-refractivity contribution is 5.07. The van der Waals surface area contributed by atoms with Crippen molar-refractivity contribution in [3.63, 3.8) is 0 Å². The highest BCUT2D eigenvalue weighted by atomic mass is 14.6. The van der Waals surface area contributed by atoms with Crippen LogP contribution in [0.25, 0.3) is 0 Å². The van der Waals surface area contributed by atoms with Gasteiger partial charge >= 0.3 is 0 Å². The Morgan fingerprint density at radius 3 is 2.40 bits per heavy atom. The summed E-state index contributed by atoms with van der Waals surface area (Å²) in [7, 11) is 0. The van der Waals surface area contributed by atoms with Gasteiger partial charge in [0.05, 0.1) is 0 Å². The molecule has 4 saturated carbocycles. The molecule has 0 nitrogen and oxygen atoms in total. The topological polar surface area (TPSA) is 0 Å². The molecule has 4 rings (SSSR count). The Hall–Kier alpha value is 0. The van der Waals surface area contributed by atoms with Gasteiger partial charge in [0.25, 0.3) is 0 Å². The van der Waals surface area contributed by atoms with Gasteiger partial charge in [0.15, 0.2) is 0 Å². The van der Waals surface area contributed by atoms with Crippen LogP contribution in [0.4, 0.5) is 0 Å². The van der Waals surface area contributed by atoms with Gasteiger partial charge in [0.2, 0.25) is 0 Å². The number of hydrogen-bond donors (Lipinski definition) is 0. The summed E-state index contributed by atoms with van der Waals surface area (Å²) >= 11 is 0. The highest BCUT2D eigenvalue weighted by Crippen LogP contribution is 2.66. The molecule has 0 aliphatic heterocycles. The highest BCUT2D eigenvalue weighted by Gasteiger charge is 2.57. The third-order valence-electron chi connectivity index (χ3n) is 7.51. The van der Waals surface area contributed by atoms with Gasteiger partial charge in [-0.3, -0.25) is 0 Å².